The van der Waals surface area contributed by atoms with E-state index in [1.807, 2.05) is 20.8 Å². The molecule has 1 aromatic rings. The fourth-order valence-electron chi connectivity index (χ4n) is 1.90. The van der Waals surface area contributed by atoms with Gasteiger partial charge in [0.2, 0.25) is 0 Å². The van der Waals surface area contributed by atoms with Gasteiger partial charge in [-0.2, -0.15) is 0 Å². The van der Waals surface area contributed by atoms with Crippen molar-refractivity contribution >= 4 is 28.7 Å². The van der Waals surface area contributed by atoms with Crippen LogP contribution in [0.15, 0.2) is 18.2 Å². The topological polar surface area (TPSA) is 29.5 Å². The Balaban J connectivity index is 2.13. The molecule has 1 aliphatic rings. The number of hydrogen-bond acceptors (Lipinski definition) is 2. The second-order valence-corrected chi connectivity index (χ2v) is 7.32. The van der Waals surface area contributed by atoms with E-state index in [2.05, 4.69) is 22.6 Å². The molecule has 0 unspecified atom stereocenters. The van der Waals surface area contributed by atoms with E-state index in [-0.39, 0.29) is 24.5 Å². The van der Waals surface area contributed by atoms with Gasteiger partial charge in [-0.25, -0.2) is 9.18 Å². The summed E-state index contributed by atoms with van der Waals surface area (Å²) in [5.41, 5.74) is 0.00287. The lowest BCUT2D eigenvalue weighted by Gasteiger charge is -2.27. The molecule has 0 spiro atoms. The first-order valence-electron chi connectivity index (χ1n) is 6.70. The van der Waals surface area contributed by atoms with E-state index in [1.54, 1.807) is 17.0 Å². The third-order valence-electron chi connectivity index (χ3n) is 2.96. The van der Waals surface area contributed by atoms with Crippen LogP contribution in [0.3, 0.4) is 0 Å². The van der Waals surface area contributed by atoms with Crippen molar-refractivity contribution in [3.63, 3.8) is 0 Å². The van der Waals surface area contributed by atoms with Crippen LogP contribution >= 0.6 is 22.6 Å². The zero-order valence-electron chi connectivity index (χ0n) is 12.0. The average molecular weight is 391 g/mol. The molecule has 3 nitrogen and oxygen atoms in total. The molecule has 0 N–H and O–H groups in total. The summed E-state index contributed by atoms with van der Waals surface area (Å²) in [6.45, 7) is 5.77. The molecular weight excluding hydrogens is 372 g/mol. The van der Waals surface area contributed by atoms with Gasteiger partial charge in [0.15, 0.2) is 0 Å². The predicted molar refractivity (Wildman–Crippen MR) is 83.9 cm³/mol. The molecule has 2 rings (SSSR count). The highest BCUT2D eigenvalue weighted by Crippen LogP contribution is 2.30. The van der Waals surface area contributed by atoms with Crippen LogP contribution in [0.4, 0.5) is 9.18 Å². The van der Waals surface area contributed by atoms with Gasteiger partial charge >= 0.3 is 6.09 Å². The van der Waals surface area contributed by atoms with E-state index in [0.29, 0.717) is 5.56 Å². The quantitative estimate of drug-likeness (QED) is 0.718. The molecule has 0 heterocycles. The number of benzene rings is 1. The second-order valence-electron chi connectivity index (χ2n) is 6.08. The van der Waals surface area contributed by atoms with Crippen LogP contribution in [-0.2, 0) is 11.3 Å². The van der Waals surface area contributed by atoms with Crippen molar-refractivity contribution in [3.8, 4) is 0 Å². The van der Waals surface area contributed by atoms with E-state index in [9.17, 15) is 9.18 Å². The van der Waals surface area contributed by atoms with Crippen molar-refractivity contribution in [2.75, 3.05) is 0 Å². The maximum absolute atomic E-state index is 13.8. The Morgan fingerprint density at radius 1 is 1.45 bits per heavy atom. The molecule has 1 aliphatic carbocycles. The molecule has 0 aliphatic heterocycles. The SMILES string of the molecule is CC(C)(C)OC(=O)N(Cc1cc(I)ccc1F)C1CC1. The molecule has 0 radical (unpaired) electrons. The fraction of sp³-hybridized carbons (Fsp3) is 0.533. The highest BCUT2D eigenvalue weighted by molar-refractivity contribution is 14.1. The van der Waals surface area contributed by atoms with Gasteiger partial charge in [0.25, 0.3) is 0 Å². The number of carbonyl (C=O) groups is 1. The van der Waals surface area contributed by atoms with Crippen LogP contribution in [-0.4, -0.2) is 22.6 Å². The molecule has 1 saturated carbocycles. The van der Waals surface area contributed by atoms with Gasteiger partial charge in [-0.1, -0.05) is 0 Å². The van der Waals surface area contributed by atoms with Gasteiger partial charge in [0, 0.05) is 15.2 Å². The summed E-state index contributed by atoms with van der Waals surface area (Å²) in [7, 11) is 0. The normalized spacial score (nSPS) is 15.1. The molecule has 1 aromatic carbocycles. The first-order chi connectivity index (χ1) is 9.26. The van der Waals surface area contributed by atoms with Gasteiger partial charge in [0.05, 0.1) is 6.54 Å². The highest BCUT2D eigenvalue weighted by atomic mass is 127. The van der Waals surface area contributed by atoms with Crippen LogP contribution < -0.4 is 0 Å². The Morgan fingerprint density at radius 3 is 2.65 bits per heavy atom. The number of carbonyl (C=O) groups excluding carboxylic acids is 1. The van der Waals surface area contributed by atoms with Crippen molar-refractivity contribution in [1.29, 1.82) is 0 Å². The summed E-state index contributed by atoms with van der Waals surface area (Å²) in [5.74, 6) is -0.278. The monoisotopic (exact) mass is 391 g/mol. The molecule has 0 atom stereocenters. The van der Waals surface area contributed by atoms with Gasteiger partial charge in [-0.15, -0.1) is 0 Å². The van der Waals surface area contributed by atoms with Crippen molar-refractivity contribution in [3.05, 3.63) is 33.1 Å². The first-order valence-corrected chi connectivity index (χ1v) is 7.78. The molecular formula is C15H19FINO2. The average Bonchev–Trinajstić information content (AvgIpc) is 3.11. The largest absolute Gasteiger partial charge is 0.444 e. The Morgan fingerprint density at radius 2 is 2.10 bits per heavy atom. The molecule has 110 valence electrons. The number of rotatable bonds is 3. The zero-order valence-corrected chi connectivity index (χ0v) is 14.1. The van der Waals surface area contributed by atoms with E-state index in [0.717, 1.165) is 16.4 Å². The van der Waals surface area contributed by atoms with E-state index < -0.39 is 5.60 Å². The zero-order chi connectivity index (χ0) is 14.9. The standard InChI is InChI=1S/C15H19FINO2/c1-15(2,3)20-14(19)18(12-5-6-12)9-10-8-11(17)4-7-13(10)16/h4,7-8,12H,5-6,9H2,1-3H3. The minimum Gasteiger partial charge on any atom is -0.444 e. The predicted octanol–water partition coefficient (Wildman–Crippen LogP) is 4.33. The third kappa shape index (κ3) is 4.33. The number of amides is 1. The third-order valence-corrected chi connectivity index (χ3v) is 3.64. The summed E-state index contributed by atoms with van der Waals surface area (Å²) < 4.78 is 20.2. The number of halogens is 2. The van der Waals surface area contributed by atoms with Crippen LogP contribution in [0, 0.1) is 9.39 Å². The Bertz CT molecular complexity index is 509. The maximum atomic E-state index is 13.8. The van der Waals surface area contributed by atoms with Gasteiger partial charge < -0.3 is 9.64 Å². The van der Waals surface area contributed by atoms with Crippen molar-refractivity contribution in [2.45, 2.75) is 51.8 Å². The molecule has 5 heteroatoms. The maximum Gasteiger partial charge on any atom is 0.410 e. The Labute approximate surface area is 132 Å². The van der Waals surface area contributed by atoms with Crippen LogP contribution in [0.1, 0.15) is 39.2 Å². The highest BCUT2D eigenvalue weighted by Gasteiger charge is 2.35. The molecule has 1 fully saturated rings. The van der Waals surface area contributed by atoms with Crippen molar-refractivity contribution in [1.82, 2.24) is 4.90 Å². The van der Waals surface area contributed by atoms with Gasteiger partial charge in [-0.05, 0) is 74.4 Å². The lowest BCUT2D eigenvalue weighted by molar-refractivity contribution is 0.0215. The summed E-state index contributed by atoms with van der Waals surface area (Å²) in [6.07, 6.45) is 1.56. The molecule has 0 saturated heterocycles. The Kier molecular flexibility index (Phi) is 4.56. The second kappa shape index (κ2) is 5.87. The van der Waals surface area contributed by atoms with Gasteiger partial charge in [0.1, 0.15) is 11.4 Å². The van der Waals surface area contributed by atoms with Crippen molar-refractivity contribution in [2.24, 2.45) is 0 Å². The molecule has 20 heavy (non-hydrogen) atoms. The number of hydrogen-bond donors (Lipinski definition) is 0. The first kappa shape index (κ1) is 15.5. The van der Waals surface area contributed by atoms with Crippen molar-refractivity contribution < 1.29 is 13.9 Å². The lowest BCUT2D eigenvalue weighted by atomic mass is 10.2. The lowest BCUT2D eigenvalue weighted by Crippen LogP contribution is -2.38. The van der Waals surface area contributed by atoms with E-state index >= 15 is 0 Å². The molecule has 0 bridgehead atoms. The van der Waals surface area contributed by atoms with Crippen LogP contribution in [0.2, 0.25) is 0 Å². The number of nitrogens with zero attached hydrogens (tertiary/aromatic N) is 1. The molecule has 1 amide bonds. The van der Waals surface area contributed by atoms with E-state index in [4.69, 9.17) is 4.74 Å². The summed E-state index contributed by atoms with van der Waals surface area (Å²) in [4.78, 5) is 13.9. The molecule has 0 aromatic heterocycles. The fourth-order valence-corrected chi connectivity index (χ4v) is 2.45. The summed E-state index contributed by atoms with van der Waals surface area (Å²) >= 11 is 2.14. The smallest absolute Gasteiger partial charge is 0.410 e. The van der Waals surface area contributed by atoms with Gasteiger partial charge in [-0.3, -0.25) is 0 Å². The Hall–Kier alpha value is -0.850. The minimum absolute atomic E-state index is 0.183. The van der Waals surface area contributed by atoms with E-state index in [1.165, 1.54) is 6.07 Å². The van der Waals surface area contributed by atoms with Crippen LogP contribution in [0.25, 0.3) is 0 Å². The summed E-state index contributed by atoms with van der Waals surface area (Å²) in [6, 6.07) is 5.11. The minimum atomic E-state index is -0.534. The van der Waals surface area contributed by atoms with Crippen LogP contribution in [0.5, 0.6) is 0 Å². The summed E-state index contributed by atoms with van der Waals surface area (Å²) in [5, 5.41) is 0. The number of ether oxygens (including phenoxy) is 1.